The molecule has 0 saturated carbocycles. The van der Waals surface area contributed by atoms with Crippen LogP contribution in [0.4, 0.5) is 5.13 Å². The van der Waals surface area contributed by atoms with E-state index >= 15 is 0 Å². The number of hydrogen-bond donors (Lipinski definition) is 1. The van der Waals surface area contributed by atoms with E-state index < -0.39 is 23.7 Å². The van der Waals surface area contributed by atoms with Crippen molar-refractivity contribution in [2.45, 2.75) is 46.6 Å². The standard InChI is InChI=1S/C31H32N2O6S/c1-7-15-39-22-13-14-23(18(5)16-22)26(34)24-25(21-11-9-20(10-12-21)17(3)4)33(29(36)27(24)35)31-32-19(6)28(40-31)30(37)38-8-2/h7,9-14,16-17,25,34H,1,8,15H2,2-6H3/b26-24-. The highest BCUT2D eigenvalue weighted by Crippen LogP contribution is 2.44. The van der Waals surface area contributed by atoms with E-state index in [1.165, 1.54) is 4.90 Å². The Morgan fingerprint density at radius 3 is 2.48 bits per heavy atom. The zero-order valence-electron chi connectivity index (χ0n) is 23.2. The van der Waals surface area contributed by atoms with Crippen LogP contribution in [0.15, 0.2) is 60.7 Å². The summed E-state index contributed by atoms with van der Waals surface area (Å²) < 4.78 is 10.7. The molecule has 0 spiro atoms. The number of aromatic nitrogens is 1. The Morgan fingerprint density at radius 2 is 1.88 bits per heavy atom. The van der Waals surface area contributed by atoms with Crippen LogP contribution in [0.5, 0.6) is 5.75 Å². The largest absolute Gasteiger partial charge is 0.507 e. The molecule has 1 fully saturated rings. The zero-order chi connectivity index (χ0) is 29.1. The quantitative estimate of drug-likeness (QED) is 0.108. The minimum absolute atomic E-state index is 0.0595. The zero-order valence-corrected chi connectivity index (χ0v) is 24.0. The molecular formula is C31H32N2O6S. The average molecular weight is 561 g/mol. The van der Waals surface area contributed by atoms with Crippen LogP contribution in [0.2, 0.25) is 0 Å². The molecule has 0 radical (unpaired) electrons. The molecule has 2 aromatic carbocycles. The van der Waals surface area contributed by atoms with Gasteiger partial charge in [-0.2, -0.15) is 0 Å². The van der Waals surface area contributed by atoms with E-state index in [-0.39, 0.29) is 33.9 Å². The predicted octanol–water partition coefficient (Wildman–Crippen LogP) is 6.25. The Morgan fingerprint density at radius 1 is 1.18 bits per heavy atom. The van der Waals surface area contributed by atoms with Gasteiger partial charge in [0.25, 0.3) is 5.78 Å². The first-order valence-electron chi connectivity index (χ1n) is 13.0. The molecule has 1 aliphatic rings. The average Bonchev–Trinajstić information content (AvgIpc) is 3.43. The Hall–Kier alpha value is -4.24. The third kappa shape index (κ3) is 5.42. The number of aryl methyl sites for hydroxylation is 2. The molecule has 0 aliphatic carbocycles. The monoisotopic (exact) mass is 560 g/mol. The number of thiazole rings is 1. The summed E-state index contributed by atoms with van der Waals surface area (Å²) in [6, 6.07) is 11.7. The number of benzene rings is 2. The SMILES string of the molecule is C=CCOc1ccc(/C(O)=C2/C(=O)C(=O)N(c3nc(C)c(C(=O)OCC)s3)C2c2ccc(C(C)C)cc2)c(C)c1. The van der Waals surface area contributed by atoms with Crippen LogP contribution < -0.4 is 9.64 Å². The van der Waals surface area contributed by atoms with E-state index in [1.807, 2.05) is 24.3 Å². The number of ketones is 1. The van der Waals surface area contributed by atoms with Crippen LogP contribution in [0.25, 0.3) is 5.76 Å². The Balaban J connectivity index is 1.89. The summed E-state index contributed by atoms with van der Waals surface area (Å²) in [7, 11) is 0. The molecule has 3 aromatic rings. The number of anilines is 1. The summed E-state index contributed by atoms with van der Waals surface area (Å²) in [5.74, 6) is -1.67. The fraction of sp³-hybridized carbons (Fsp3) is 0.290. The highest BCUT2D eigenvalue weighted by molar-refractivity contribution is 7.17. The Labute approximate surface area is 237 Å². The smallest absolute Gasteiger partial charge is 0.350 e. The van der Waals surface area contributed by atoms with Gasteiger partial charge >= 0.3 is 11.9 Å². The van der Waals surface area contributed by atoms with Gasteiger partial charge in [0.1, 0.15) is 23.0 Å². The summed E-state index contributed by atoms with van der Waals surface area (Å²) in [6.07, 6.45) is 1.63. The summed E-state index contributed by atoms with van der Waals surface area (Å²) >= 11 is 0.978. The van der Waals surface area contributed by atoms with Crippen molar-refractivity contribution in [3.05, 3.63) is 93.5 Å². The number of rotatable bonds is 9. The maximum atomic E-state index is 13.6. The van der Waals surface area contributed by atoms with Gasteiger partial charge in [0.15, 0.2) is 5.13 Å². The van der Waals surface area contributed by atoms with Crippen LogP contribution in [-0.4, -0.2) is 41.0 Å². The number of carbonyl (C=O) groups is 3. The number of Topliss-reactive ketones (excluding diaryl/α,β-unsaturated/α-hetero) is 1. The molecule has 0 bridgehead atoms. The van der Waals surface area contributed by atoms with E-state index in [9.17, 15) is 19.5 Å². The van der Waals surface area contributed by atoms with Crippen molar-refractivity contribution < 1.29 is 29.0 Å². The lowest BCUT2D eigenvalue weighted by Gasteiger charge is -2.23. The van der Waals surface area contributed by atoms with Crippen LogP contribution in [0, 0.1) is 13.8 Å². The van der Waals surface area contributed by atoms with Crippen molar-refractivity contribution in [1.29, 1.82) is 0 Å². The number of amides is 1. The van der Waals surface area contributed by atoms with Crippen molar-refractivity contribution in [3.8, 4) is 5.75 Å². The molecule has 4 rings (SSSR count). The summed E-state index contributed by atoms with van der Waals surface area (Å²) in [4.78, 5) is 45.6. The van der Waals surface area contributed by atoms with E-state index in [2.05, 4.69) is 25.4 Å². The van der Waals surface area contributed by atoms with Crippen molar-refractivity contribution in [2.75, 3.05) is 18.1 Å². The number of nitrogens with zero attached hydrogens (tertiary/aromatic N) is 2. The number of ether oxygens (including phenoxy) is 2. The van der Waals surface area contributed by atoms with Gasteiger partial charge in [0.2, 0.25) is 0 Å². The lowest BCUT2D eigenvalue weighted by Crippen LogP contribution is -2.29. The van der Waals surface area contributed by atoms with Crippen LogP contribution in [0.1, 0.15) is 70.4 Å². The first-order chi connectivity index (χ1) is 19.1. The number of carbonyl (C=O) groups excluding carboxylic acids is 3. The molecule has 40 heavy (non-hydrogen) atoms. The molecule has 1 saturated heterocycles. The Kier molecular flexibility index (Phi) is 8.54. The third-order valence-electron chi connectivity index (χ3n) is 6.64. The van der Waals surface area contributed by atoms with Gasteiger partial charge in [-0.25, -0.2) is 9.78 Å². The van der Waals surface area contributed by atoms with Crippen molar-refractivity contribution in [2.24, 2.45) is 0 Å². The number of aliphatic hydroxyl groups excluding tert-OH is 1. The molecule has 1 unspecified atom stereocenters. The number of aliphatic hydroxyl groups is 1. The van der Waals surface area contributed by atoms with E-state index in [4.69, 9.17) is 9.47 Å². The first kappa shape index (κ1) is 28.8. The molecule has 1 N–H and O–H groups in total. The lowest BCUT2D eigenvalue weighted by atomic mass is 9.92. The molecule has 208 valence electrons. The minimum Gasteiger partial charge on any atom is -0.507 e. The van der Waals surface area contributed by atoms with Gasteiger partial charge in [-0.15, -0.1) is 0 Å². The predicted molar refractivity (Wildman–Crippen MR) is 155 cm³/mol. The van der Waals surface area contributed by atoms with Gasteiger partial charge in [0.05, 0.1) is 23.9 Å². The van der Waals surface area contributed by atoms with Crippen LogP contribution in [-0.2, 0) is 14.3 Å². The van der Waals surface area contributed by atoms with Gasteiger partial charge in [0, 0.05) is 5.56 Å². The van der Waals surface area contributed by atoms with Gasteiger partial charge in [-0.3, -0.25) is 14.5 Å². The van der Waals surface area contributed by atoms with E-state index in [1.54, 1.807) is 45.0 Å². The van der Waals surface area contributed by atoms with E-state index in [0.29, 0.717) is 34.7 Å². The maximum Gasteiger partial charge on any atom is 0.350 e. The number of hydrogen-bond acceptors (Lipinski definition) is 8. The van der Waals surface area contributed by atoms with E-state index in [0.717, 1.165) is 16.9 Å². The normalized spacial score (nSPS) is 16.4. The van der Waals surface area contributed by atoms with Gasteiger partial charge in [-0.1, -0.05) is 62.1 Å². The first-order valence-corrected chi connectivity index (χ1v) is 13.8. The highest BCUT2D eigenvalue weighted by atomic mass is 32.1. The molecule has 2 heterocycles. The van der Waals surface area contributed by atoms with Gasteiger partial charge < -0.3 is 14.6 Å². The molecule has 1 aromatic heterocycles. The summed E-state index contributed by atoms with van der Waals surface area (Å²) in [6.45, 7) is 13.4. The lowest BCUT2D eigenvalue weighted by molar-refractivity contribution is -0.132. The van der Waals surface area contributed by atoms with Crippen molar-refractivity contribution in [3.63, 3.8) is 0 Å². The van der Waals surface area contributed by atoms with Crippen LogP contribution in [0.3, 0.4) is 0 Å². The molecule has 1 aliphatic heterocycles. The summed E-state index contributed by atoms with van der Waals surface area (Å²) in [5.41, 5.74) is 3.10. The third-order valence-corrected chi connectivity index (χ3v) is 7.77. The van der Waals surface area contributed by atoms with Gasteiger partial charge in [-0.05, 0) is 61.6 Å². The minimum atomic E-state index is -0.960. The number of esters is 1. The Bertz CT molecular complexity index is 1500. The highest BCUT2D eigenvalue weighted by Gasteiger charge is 2.48. The second kappa shape index (κ2) is 11.9. The fourth-order valence-electron chi connectivity index (χ4n) is 4.57. The van der Waals surface area contributed by atoms with Crippen molar-refractivity contribution >= 4 is 39.9 Å². The molecule has 1 atom stereocenters. The maximum absolute atomic E-state index is 13.6. The molecule has 8 nitrogen and oxygen atoms in total. The fourth-order valence-corrected chi connectivity index (χ4v) is 5.56. The summed E-state index contributed by atoms with van der Waals surface area (Å²) in [5, 5.41) is 11.7. The topological polar surface area (TPSA) is 106 Å². The molecular weight excluding hydrogens is 528 g/mol. The molecule has 1 amide bonds. The second-order valence-electron chi connectivity index (χ2n) is 9.70. The van der Waals surface area contributed by atoms with Crippen LogP contribution >= 0.6 is 11.3 Å². The molecule has 9 heteroatoms. The van der Waals surface area contributed by atoms with Crippen molar-refractivity contribution in [1.82, 2.24) is 4.98 Å². The second-order valence-corrected chi connectivity index (χ2v) is 10.7.